The largest absolute Gasteiger partial charge is 0.496 e. The minimum Gasteiger partial charge on any atom is -0.496 e. The zero-order valence-electron chi connectivity index (χ0n) is 13.7. The van der Waals surface area contributed by atoms with Crippen molar-refractivity contribution in [3.8, 4) is 17.0 Å². The molecule has 1 unspecified atom stereocenters. The van der Waals surface area contributed by atoms with Crippen LogP contribution in [0.15, 0.2) is 41.2 Å². The summed E-state index contributed by atoms with van der Waals surface area (Å²) in [5.41, 5.74) is 1.97. The molecule has 3 heterocycles. The van der Waals surface area contributed by atoms with E-state index in [4.69, 9.17) is 9.26 Å². The highest BCUT2D eigenvalue weighted by atomic mass is 16.5. The number of nitrogens with zero attached hydrogens (tertiary/aromatic N) is 4. The molecule has 1 aliphatic rings. The van der Waals surface area contributed by atoms with E-state index >= 15 is 0 Å². The van der Waals surface area contributed by atoms with Crippen LogP contribution < -0.4 is 4.74 Å². The SMILES string of the molecule is COc1ccccc1-c1cc(C(=O)N2CCC(c3ncon3)C2)[nH]n1. The number of carbonyl (C=O) groups excluding carboxylic acids is 1. The first-order valence-electron chi connectivity index (χ1n) is 8.00. The Balaban J connectivity index is 1.51. The number of benzene rings is 1. The first-order chi connectivity index (χ1) is 12.3. The fourth-order valence-electron chi connectivity index (χ4n) is 3.11. The van der Waals surface area contributed by atoms with Crippen LogP contribution in [-0.2, 0) is 0 Å². The molecule has 0 saturated carbocycles. The van der Waals surface area contributed by atoms with E-state index < -0.39 is 0 Å². The van der Waals surface area contributed by atoms with Crippen LogP contribution in [0.4, 0.5) is 0 Å². The van der Waals surface area contributed by atoms with Crippen LogP contribution in [0.3, 0.4) is 0 Å². The lowest BCUT2D eigenvalue weighted by atomic mass is 10.1. The number of methoxy groups -OCH3 is 1. The van der Waals surface area contributed by atoms with Crippen molar-refractivity contribution in [3.05, 3.63) is 48.2 Å². The monoisotopic (exact) mass is 339 g/mol. The number of para-hydroxylation sites is 1. The van der Waals surface area contributed by atoms with Gasteiger partial charge in [0.2, 0.25) is 6.39 Å². The maximum absolute atomic E-state index is 12.7. The first kappa shape index (κ1) is 15.4. The van der Waals surface area contributed by atoms with Crippen molar-refractivity contribution in [3.63, 3.8) is 0 Å². The molecule has 0 spiro atoms. The minimum atomic E-state index is -0.0837. The number of rotatable bonds is 4. The molecule has 1 N–H and O–H groups in total. The van der Waals surface area contributed by atoms with Gasteiger partial charge in [-0.1, -0.05) is 17.3 Å². The number of hydrogen-bond donors (Lipinski definition) is 1. The molecule has 25 heavy (non-hydrogen) atoms. The second-order valence-electron chi connectivity index (χ2n) is 5.89. The van der Waals surface area contributed by atoms with Crippen molar-refractivity contribution >= 4 is 5.91 Å². The molecule has 0 radical (unpaired) electrons. The van der Waals surface area contributed by atoms with E-state index in [1.165, 1.54) is 6.39 Å². The van der Waals surface area contributed by atoms with Gasteiger partial charge in [0.05, 0.1) is 12.8 Å². The van der Waals surface area contributed by atoms with Crippen LogP contribution in [0.2, 0.25) is 0 Å². The molecule has 1 atom stereocenters. The lowest BCUT2D eigenvalue weighted by molar-refractivity contribution is 0.0784. The number of aromatic nitrogens is 4. The maximum Gasteiger partial charge on any atom is 0.271 e. The van der Waals surface area contributed by atoms with Gasteiger partial charge in [0, 0.05) is 24.6 Å². The summed E-state index contributed by atoms with van der Waals surface area (Å²) < 4.78 is 10.1. The Morgan fingerprint density at radius 3 is 3.08 bits per heavy atom. The smallest absolute Gasteiger partial charge is 0.271 e. The summed E-state index contributed by atoms with van der Waals surface area (Å²) in [6.07, 6.45) is 2.13. The Bertz CT molecular complexity index is 874. The number of carbonyl (C=O) groups is 1. The summed E-state index contributed by atoms with van der Waals surface area (Å²) in [4.78, 5) is 18.6. The minimum absolute atomic E-state index is 0.0837. The van der Waals surface area contributed by atoms with Gasteiger partial charge in [-0.05, 0) is 24.6 Å². The summed E-state index contributed by atoms with van der Waals surface area (Å²) in [6, 6.07) is 9.32. The second kappa shape index (κ2) is 6.39. The molecule has 0 aliphatic carbocycles. The Hall–Kier alpha value is -3.16. The van der Waals surface area contributed by atoms with Crippen molar-refractivity contribution in [1.82, 2.24) is 25.2 Å². The third-order valence-corrected chi connectivity index (χ3v) is 4.41. The molecule has 0 bridgehead atoms. The number of amides is 1. The molecular weight excluding hydrogens is 322 g/mol. The number of H-pyrrole nitrogens is 1. The van der Waals surface area contributed by atoms with Crippen LogP contribution in [-0.4, -0.2) is 51.3 Å². The van der Waals surface area contributed by atoms with E-state index in [9.17, 15) is 4.79 Å². The predicted octanol–water partition coefficient (Wildman–Crippen LogP) is 2.10. The zero-order chi connectivity index (χ0) is 17.2. The van der Waals surface area contributed by atoms with Crippen LogP contribution in [0, 0.1) is 0 Å². The maximum atomic E-state index is 12.7. The van der Waals surface area contributed by atoms with E-state index in [0.717, 1.165) is 12.0 Å². The number of hydrogen-bond acceptors (Lipinski definition) is 6. The molecule has 1 aromatic carbocycles. The van der Waals surface area contributed by atoms with Gasteiger partial charge in [-0.15, -0.1) is 0 Å². The van der Waals surface area contributed by atoms with Crippen molar-refractivity contribution in [2.45, 2.75) is 12.3 Å². The summed E-state index contributed by atoms with van der Waals surface area (Å²) in [5, 5.41) is 11.0. The van der Waals surface area contributed by atoms with E-state index in [1.807, 2.05) is 24.3 Å². The Morgan fingerprint density at radius 1 is 1.40 bits per heavy atom. The molecule has 3 aromatic rings. The highest BCUT2D eigenvalue weighted by Crippen LogP contribution is 2.29. The molecule has 1 amide bonds. The van der Waals surface area contributed by atoms with Crippen molar-refractivity contribution in [1.29, 1.82) is 0 Å². The average molecular weight is 339 g/mol. The van der Waals surface area contributed by atoms with Crippen LogP contribution in [0.5, 0.6) is 5.75 Å². The molecule has 1 aliphatic heterocycles. The quantitative estimate of drug-likeness (QED) is 0.782. The molecule has 8 heteroatoms. The normalized spacial score (nSPS) is 17.0. The standard InChI is InChI=1S/C17H17N5O3/c1-24-15-5-3-2-4-12(15)13-8-14(20-19-13)17(23)22-7-6-11(9-22)16-18-10-25-21-16/h2-5,8,10-11H,6-7,9H2,1H3,(H,19,20). The van der Waals surface area contributed by atoms with E-state index in [1.54, 1.807) is 18.1 Å². The average Bonchev–Trinajstić information content (AvgIpc) is 3.41. The molecule has 8 nitrogen and oxygen atoms in total. The van der Waals surface area contributed by atoms with E-state index in [2.05, 4.69) is 20.3 Å². The van der Waals surface area contributed by atoms with Crippen molar-refractivity contribution in [2.75, 3.05) is 20.2 Å². The van der Waals surface area contributed by atoms with E-state index in [-0.39, 0.29) is 11.8 Å². The fraction of sp³-hybridized carbons (Fsp3) is 0.294. The fourth-order valence-corrected chi connectivity index (χ4v) is 3.11. The highest BCUT2D eigenvalue weighted by Gasteiger charge is 2.31. The summed E-state index contributed by atoms with van der Waals surface area (Å²) >= 11 is 0. The van der Waals surface area contributed by atoms with Gasteiger partial charge in [0.25, 0.3) is 5.91 Å². The second-order valence-corrected chi connectivity index (χ2v) is 5.89. The van der Waals surface area contributed by atoms with Crippen LogP contribution >= 0.6 is 0 Å². The topological polar surface area (TPSA) is 97.1 Å². The van der Waals surface area contributed by atoms with Gasteiger partial charge in [0.15, 0.2) is 5.82 Å². The number of ether oxygens (including phenoxy) is 1. The Kier molecular flexibility index (Phi) is 3.93. The number of nitrogens with one attached hydrogen (secondary N) is 1. The molecule has 2 aromatic heterocycles. The summed E-state index contributed by atoms with van der Waals surface area (Å²) in [5.74, 6) is 1.39. The molecule has 128 valence electrons. The van der Waals surface area contributed by atoms with Crippen LogP contribution in [0.1, 0.15) is 28.7 Å². The molecule has 1 saturated heterocycles. The number of likely N-dealkylation sites (tertiary alicyclic amines) is 1. The third kappa shape index (κ3) is 2.86. The lowest BCUT2D eigenvalue weighted by Crippen LogP contribution is -2.28. The van der Waals surface area contributed by atoms with Gasteiger partial charge in [-0.2, -0.15) is 10.1 Å². The lowest BCUT2D eigenvalue weighted by Gasteiger charge is -2.14. The zero-order valence-corrected chi connectivity index (χ0v) is 13.7. The van der Waals surface area contributed by atoms with Gasteiger partial charge < -0.3 is 14.2 Å². The first-order valence-corrected chi connectivity index (χ1v) is 8.00. The number of aromatic amines is 1. The molecule has 4 rings (SSSR count). The van der Waals surface area contributed by atoms with E-state index in [0.29, 0.717) is 36.1 Å². The summed E-state index contributed by atoms with van der Waals surface area (Å²) in [7, 11) is 1.61. The predicted molar refractivity (Wildman–Crippen MR) is 88.1 cm³/mol. The van der Waals surface area contributed by atoms with Gasteiger partial charge in [-0.3, -0.25) is 9.89 Å². The Labute approximate surface area is 143 Å². The highest BCUT2D eigenvalue weighted by molar-refractivity contribution is 5.93. The van der Waals surface area contributed by atoms with Crippen molar-refractivity contribution < 1.29 is 14.1 Å². The summed E-state index contributed by atoms with van der Waals surface area (Å²) in [6.45, 7) is 1.22. The van der Waals surface area contributed by atoms with Crippen LogP contribution in [0.25, 0.3) is 11.3 Å². The molecular formula is C17H17N5O3. The van der Waals surface area contributed by atoms with Gasteiger partial charge in [0.1, 0.15) is 11.4 Å². The third-order valence-electron chi connectivity index (χ3n) is 4.41. The van der Waals surface area contributed by atoms with Crippen molar-refractivity contribution in [2.24, 2.45) is 0 Å². The Morgan fingerprint density at radius 2 is 2.28 bits per heavy atom. The molecule has 1 fully saturated rings. The van der Waals surface area contributed by atoms with Gasteiger partial charge >= 0.3 is 0 Å². The van der Waals surface area contributed by atoms with Gasteiger partial charge in [-0.25, -0.2) is 0 Å².